The van der Waals surface area contributed by atoms with Crippen molar-refractivity contribution in [3.8, 4) is 0 Å². The van der Waals surface area contributed by atoms with Crippen LogP contribution in [0.25, 0.3) is 0 Å². The van der Waals surface area contributed by atoms with Gasteiger partial charge < -0.3 is 14.2 Å². The molecule has 0 fully saturated rings. The lowest BCUT2D eigenvalue weighted by molar-refractivity contribution is -0.142. The van der Waals surface area contributed by atoms with Crippen LogP contribution in [0.3, 0.4) is 0 Å². The Morgan fingerprint density at radius 2 is 0.964 bits per heavy atom. The van der Waals surface area contributed by atoms with Crippen LogP contribution in [-0.2, 0) is 28.6 Å². The van der Waals surface area contributed by atoms with E-state index < -0.39 is 0 Å². The summed E-state index contributed by atoms with van der Waals surface area (Å²) < 4.78 is 14.6. The van der Waals surface area contributed by atoms with E-state index in [0.29, 0.717) is 36.7 Å². The van der Waals surface area contributed by atoms with Crippen LogP contribution in [0.1, 0.15) is 46.5 Å². The maximum absolute atomic E-state index is 11.0. The van der Waals surface area contributed by atoms with Crippen molar-refractivity contribution in [3.63, 3.8) is 0 Å². The first-order valence-corrected chi connectivity index (χ1v) is 9.11. The molecule has 0 bridgehead atoms. The molecule has 0 atom stereocenters. The number of hydrogen-bond donors (Lipinski definition) is 0. The predicted molar refractivity (Wildman–Crippen MR) is 109 cm³/mol. The second-order valence-corrected chi connectivity index (χ2v) is 6.67. The fraction of sp³-hybridized carbons (Fsp3) is 0.571. The van der Waals surface area contributed by atoms with Crippen LogP contribution in [-0.4, -0.2) is 56.8 Å². The van der Waals surface area contributed by atoms with E-state index in [4.69, 9.17) is 14.2 Å². The topological polar surface area (TPSA) is 82.1 Å². The molecule has 0 saturated heterocycles. The van der Waals surface area contributed by atoms with Crippen LogP contribution < -0.4 is 0 Å². The molecule has 0 unspecified atom stereocenters. The third kappa shape index (κ3) is 18.4. The molecule has 0 saturated carbocycles. The minimum Gasteiger partial charge on any atom is -0.462 e. The molecule has 160 valence electrons. The molecule has 0 spiro atoms. The molecule has 0 radical (unpaired) electrons. The SMILES string of the molecule is C=C(C)C(=O)OCCCCCCOC(=O)C(=C)C.C=C(C)C(=O)OCN(C)C. The number of carbonyl (C=O) groups is 3. The molecular weight excluding hydrogens is 362 g/mol. The Kier molecular flexibility index (Phi) is 16.6. The van der Waals surface area contributed by atoms with Crippen LogP contribution in [0.2, 0.25) is 0 Å². The number of unbranched alkanes of at least 4 members (excludes halogenated alkanes) is 3. The van der Waals surface area contributed by atoms with Gasteiger partial charge in [0.05, 0.1) is 13.2 Å². The molecule has 0 aromatic carbocycles. The lowest BCUT2D eigenvalue weighted by atomic mass is 10.2. The van der Waals surface area contributed by atoms with E-state index in [1.54, 1.807) is 25.7 Å². The van der Waals surface area contributed by atoms with E-state index in [-0.39, 0.29) is 17.9 Å². The van der Waals surface area contributed by atoms with Gasteiger partial charge in [0, 0.05) is 16.7 Å². The molecular formula is C21H35NO6. The van der Waals surface area contributed by atoms with Crippen molar-refractivity contribution >= 4 is 17.9 Å². The third-order valence-electron chi connectivity index (χ3n) is 3.00. The molecule has 0 aliphatic rings. The average Bonchev–Trinajstić information content (AvgIpc) is 2.61. The van der Waals surface area contributed by atoms with E-state index in [2.05, 4.69) is 19.7 Å². The number of nitrogens with zero attached hydrogens (tertiary/aromatic N) is 1. The lowest BCUT2D eigenvalue weighted by Gasteiger charge is -2.09. The third-order valence-corrected chi connectivity index (χ3v) is 3.00. The quantitative estimate of drug-likeness (QED) is 0.164. The van der Waals surface area contributed by atoms with Crippen LogP contribution in [0, 0.1) is 0 Å². The van der Waals surface area contributed by atoms with Crippen molar-refractivity contribution in [3.05, 3.63) is 36.5 Å². The predicted octanol–water partition coefficient (Wildman–Crippen LogP) is 3.41. The van der Waals surface area contributed by atoms with E-state index >= 15 is 0 Å². The molecule has 0 N–H and O–H groups in total. The first kappa shape index (κ1) is 27.8. The molecule has 0 rings (SSSR count). The molecule has 7 heteroatoms. The van der Waals surface area contributed by atoms with Gasteiger partial charge in [0.25, 0.3) is 0 Å². The number of esters is 3. The number of carbonyl (C=O) groups excluding carboxylic acids is 3. The number of ether oxygens (including phenoxy) is 3. The average molecular weight is 398 g/mol. The summed E-state index contributed by atoms with van der Waals surface area (Å²) in [4.78, 5) is 34.5. The zero-order chi connectivity index (χ0) is 22.1. The van der Waals surface area contributed by atoms with Gasteiger partial charge in [-0.2, -0.15) is 0 Å². The number of hydrogen-bond acceptors (Lipinski definition) is 7. The van der Waals surface area contributed by atoms with Gasteiger partial charge in [0.1, 0.15) is 6.73 Å². The minimum atomic E-state index is -0.342. The zero-order valence-corrected chi connectivity index (χ0v) is 18.0. The van der Waals surface area contributed by atoms with E-state index in [1.165, 1.54) is 0 Å². The fourth-order valence-corrected chi connectivity index (χ4v) is 1.44. The Balaban J connectivity index is 0. The zero-order valence-electron chi connectivity index (χ0n) is 18.0. The second kappa shape index (κ2) is 16.7. The standard InChI is InChI=1S/C14H22O4.C7H13NO2/c1-11(2)13(15)17-9-7-5-6-8-10-18-14(16)12(3)4;1-6(2)7(9)10-5-8(3)4/h1,3,5-10H2,2,4H3;1,5H2,2-4H3. The molecule has 0 aromatic rings. The van der Waals surface area contributed by atoms with Crippen molar-refractivity contribution in [1.29, 1.82) is 0 Å². The van der Waals surface area contributed by atoms with Gasteiger partial charge in [0.2, 0.25) is 0 Å². The summed E-state index contributed by atoms with van der Waals surface area (Å²) in [5, 5.41) is 0. The molecule has 0 aliphatic carbocycles. The van der Waals surface area contributed by atoms with Crippen molar-refractivity contribution in [2.24, 2.45) is 0 Å². The largest absolute Gasteiger partial charge is 0.462 e. The summed E-state index contributed by atoms with van der Waals surface area (Å²) in [6, 6.07) is 0. The van der Waals surface area contributed by atoms with Crippen LogP contribution in [0.5, 0.6) is 0 Å². The smallest absolute Gasteiger partial charge is 0.334 e. The van der Waals surface area contributed by atoms with Gasteiger partial charge in [-0.25, -0.2) is 14.4 Å². The summed E-state index contributed by atoms with van der Waals surface area (Å²) in [7, 11) is 3.65. The van der Waals surface area contributed by atoms with E-state index in [9.17, 15) is 14.4 Å². The highest BCUT2D eigenvalue weighted by Crippen LogP contribution is 2.03. The van der Waals surface area contributed by atoms with Gasteiger partial charge >= 0.3 is 17.9 Å². The molecule has 0 amide bonds. The fourth-order valence-electron chi connectivity index (χ4n) is 1.44. The Morgan fingerprint density at radius 1 is 0.643 bits per heavy atom. The maximum atomic E-state index is 11.0. The second-order valence-electron chi connectivity index (χ2n) is 6.67. The van der Waals surface area contributed by atoms with E-state index in [1.807, 2.05) is 14.1 Å². The highest BCUT2D eigenvalue weighted by atomic mass is 16.5. The highest BCUT2D eigenvalue weighted by molar-refractivity contribution is 5.87. The Bertz CT molecular complexity index is 519. The highest BCUT2D eigenvalue weighted by Gasteiger charge is 2.03. The van der Waals surface area contributed by atoms with Gasteiger partial charge in [-0.1, -0.05) is 19.7 Å². The number of rotatable bonds is 12. The summed E-state index contributed by atoms with van der Waals surface area (Å²) in [6.45, 7) is 16.4. The molecule has 28 heavy (non-hydrogen) atoms. The minimum absolute atomic E-state index is 0.311. The van der Waals surface area contributed by atoms with Crippen molar-refractivity contribution in [1.82, 2.24) is 4.90 Å². The van der Waals surface area contributed by atoms with Crippen LogP contribution >= 0.6 is 0 Å². The Hall–Kier alpha value is -2.41. The first-order valence-electron chi connectivity index (χ1n) is 9.11. The monoisotopic (exact) mass is 397 g/mol. The van der Waals surface area contributed by atoms with Gasteiger partial charge in [-0.05, 0) is 60.5 Å². The molecule has 7 nitrogen and oxygen atoms in total. The van der Waals surface area contributed by atoms with Crippen LogP contribution in [0.15, 0.2) is 36.5 Å². The normalized spacial score (nSPS) is 9.64. The summed E-state index contributed by atoms with van der Waals surface area (Å²) in [5.41, 5.74) is 1.27. The summed E-state index contributed by atoms with van der Waals surface area (Å²) >= 11 is 0. The first-order chi connectivity index (χ1) is 13.0. The Morgan fingerprint density at radius 3 is 1.25 bits per heavy atom. The van der Waals surface area contributed by atoms with Gasteiger partial charge in [-0.3, -0.25) is 4.90 Å². The van der Waals surface area contributed by atoms with Gasteiger partial charge in [-0.15, -0.1) is 0 Å². The maximum Gasteiger partial charge on any atom is 0.334 e. The Labute approximate surface area is 169 Å². The summed E-state index contributed by atoms with van der Waals surface area (Å²) in [6.07, 6.45) is 3.50. The lowest BCUT2D eigenvalue weighted by Crippen LogP contribution is -2.19. The van der Waals surface area contributed by atoms with E-state index in [0.717, 1.165) is 25.7 Å². The van der Waals surface area contributed by atoms with Crippen molar-refractivity contribution in [2.45, 2.75) is 46.5 Å². The molecule has 0 aliphatic heterocycles. The van der Waals surface area contributed by atoms with Gasteiger partial charge in [0.15, 0.2) is 0 Å². The van der Waals surface area contributed by atoms with Crippen molar-refractivity contribution in [2.75, 3.05) is 34.0 Å². The summed E-state index contributed by atoms with van der Waals surface area (Å²) in [5.74, 6) is -1.02. The van der Waals surface area contributed by atoms with Crippen LogP contribution in [0.4, 0.5) is 0 Å². The molecule has 0 heterocycles. The molecule has 0 aromatic heterocycles. The van der Waals surface area contributed by atoms with Crippen molar-refractivity contribution < 1.29 is 28.6 Å².